The minimum Gasteiger partial charge on any atom is -0.357 e. The van der Waals surface area contributed by atoms with Gasteiger partial charge in [0.1, 0.15) is 0 Å². The molecule has 0 aromatic heterocycles. The van der Waals surface area contributed by atoms with E-state index in [9.17, 15) is 0 Å². The Morgan fingerprint density at radius 2 is 1.00 bits per heavy atom. The average molecular weight is 330 g/mol. The van der Waals surface area contributed by atoms with Crippen LogP contribution in [0.2, 0.25) is 0 Å². The highest BCUT2D eigenvalue weighted by atomic mass is 32.1. The van der Waals surface area contributed by atoms with Crippen LogP contribution in [0.25, 0.3) is 0 Å². The molecule has 0 aliphatic carbocycles. The van der Waals surface area contributed by atoms with Crippen LogP contribution in [0.5, 0.6) is 0 Å². The summed E-state index contributed by atoms with van der Waals surface area (Å²) in [6, 6.07) is 20.1. The lowest BCUT2D eigenvalue weighted by Crippen LogP contribution is -2.49. The van der Waals surface area contributed by atoms with E-state index in [1.54, 1.807) is 0 Å². The van der Waals surface area contributed by atoms with Crippen LogP contribution in [0, 0.1) is 0 Å². The number of rotatable bonds is 4. The molecule has 6 heteroatoms. The molecule has 4 nitrogen and oxygen atoms in total. The Labute approximate surface area is 141 Å². The Bertz CT molecular complexity index is 547. The molecule has 0 heterocycles. The van der Waals surface area contributed by atoms with Gasteiger partial charge in [0, 0.05) is 13.1 Å². The second kappa shape index (κ2) is 8.96. The van der Waals surface area contributed by atoms with Crippen LogP contribution in [-0.2, 0) is 13.1 Å². The lowest BCUT2D eigenvalue weighted by Gasteiger charge is -2.14. The Kier molecular flexibility index (Phi) is 6.60. The zero-order chi connectivity index (χ0) is 15.6. The summed E-state index contributed by atoms with van der Waals surface area (Å²) in [5.74, 6) is 0. The summed E-state index contributed by atoms with van der Waals surface area (Å²) in [4.78, 5) is 0. The van der Waals surface area contributed by atoms with Gasteiger partial charge in [0.25, 0.3) is 0 Å². The molecule has 0 fully saturated rings. The number of hydrogen-bond acceptors (Lipinski definition) is 2. The van der Waals surface area contributed by atoms with Gasteiger partial charge in [0.15, 0.2) is 10.2 Å². The Hall–Kier alpha value is -2.18. The van der Waals surface area contributed by atoms with E-state index in [4.69, 9.17) is 24.4 Å². The molecule has 0 aliphatic heterocycles. The zero-order valence-corrected chi connectivity index (χ0v) is 13.6. The Balaban J connectivity index is 1.62. The molecule has 114 valence electrons. The molecule has 0 saturated heterocycles. The van der Waals surface area contributed by atoms with Crippen molar-refractivity contribution in [3.63, 3.8) is 0 Å². The van der Waals surface area contributed by atoms with Crippen molar-refractivity contribution in [2.75, 3.05) is 0 Å². The van der Waals surface area contributed by atoms with Gasteiger partial charge in [-0.1, -0.05) is 60.7 Å². The summed E-state index contributed by atoms with van der Waals surface area (Å²) in [5.41, 5.74) is 8.04. The summed E-state index contributed by atoms with van der Waals surface area (Å²) in [7, 11) is 0. The monoisotopic (exact) mass is 330 g/mol. The van der Waals surface area contributed by atoms with E-state index < -0.39 is 0 Å². The first kappa shape index (κ1) is 16.2. The fraction of sp³-hybridized carbons (Fsp3) is 0.125. The first-order valence-corrected chi connectivity index (χ1v) is 7.71. The Morgan fingerprint density at radius 1 is 0.636 bits per heavy atom. The van der Waals surface area contributed by atoms with Gasteiger partial charge in [0.2, 0.25) is 0 Å². The maximum Gasteiger partial charge on any atom is 0.185 e. The summed E-state index contributed by atoms with van der Waals surface area (Å²) in [6.45, 7) is 1.33. The first-order chi connectivity index (χ1) is 10.7. The number of benzene rings is 2. The predicted molar refractivity (Wildman–Crippen MR) is 98.0 cm³/mol. The fourth-order valence-electron chi connectivity index (χ4n) is 1.76. The largest absolute Gasteiger partial charge is 0.357 e. The van der Waals surface area contributed by atoms with Crippen LogP contribution < -0.4 is 21.5 Å². The molecule has 0 saturated carbocycles. The van der Waals surface area contributed by atoms with Gasteiger partial charge in [-0.25, -0.2) is 0 Å². The molecule has 0 unspecified atom stereocenters. The van der Waals surface area contributed by atoms with E-state index in [2.05, 4.69) is 21.5 Å². The third-order valence-electron chi connectivity index (χ3n) is 2.88. The lowest BCUT2D eigenvalue weighted by atomic mass is 10.2. The van der Waals surface area contributed by atoms with Gasteiger partial charge in [0.05, 0.1) is 0 Å². The molecule has 0 amide bonds. The van der Waals surface area contributed by atoms with E-state index in [0.717, 1.165) is 11.1 Å². The number of thiocarbonyl (C=S) groups is 2. The van der Waals surface area contributed by atoms with E-state index >= 15 is 0 Å². The highest BCUT2D eigenvalue weighted by Gasteiger charge is 1.98. The molecular formula is C16H18N4S2. The molecule has 2 aromatic carbocycles. The van der Waals surface area contributed by atoms with E-state index in [-0.39, 0.29) is 0 Å². The third kappa shape index (κ3) is 6.07. The fourth-order valence-corrected chi connectivity index (χ4v) is 2.00. The van der Waals surface area contributed by atoms with Gasteiger partial charge < -0.3 is 10.6 Å². The van der Waals surface area contributed by atoms with Crippen molar-refractivity contribution in [1.29, 1.82) is 0 Å². The summed E-state index contributed by atoms with van der Waals surface area (Å²) in [5, 5.41) is 7.18. The van der Waals surface area contributed by atoms with Crippen LogP contribution in [0.3, 0.4) is 0 Å². The molecule has 2 rings (SSSR count). The molecule has 2 aromatic rings. The van der Waals surface area contributed by atoms with Crippen molar-refractivity contribution in [2.24, 2.45) is 0 Å². The minimum atomic E-state index is 0.493. The molecule has 0 aliphatic rings. The predicted octanol–water partition coefficient (Wildman–Crippen LogP) is 2.23. The summed E-state index contributed by atoms with van der Waals surface area (Å²) in [6.07, 6.45) is 0. The quantitative estimate of drug-likeness (QED) is 0.509. The van der Waals surface area contributed by atoms with Crippen molar-refractivity contribution in [2.45, 2.75) is 13.1 Å². The normalized spacial score (nSPS) is 9.64. The second-order valence-electron chi connectivity index (χ2n) is 4.59. The van der Waals surface area contributed by atoms with Crippen molar-refractivity contribution in [1.82, 2.24) is 21.5 Å². The van der Waals surface area contributed by atoms with Crippen molar-refractivity contribution < 1.29 is 0 Å². The summed E-state index contributed by atoms with van der Waals surface area (Å²) < 4.78 is 0. The van der Waals surface area contributed by atoms with E-state index in [0.29, 0.717) is 23.3 Å². The minimum absolute atomic E-state index is 0.493. The van der Waals surface area contributed by atoms with Crippen molar-refractivity contribution in [3.8, 4) is 0 Å². The zero-order valence-electron chi connectivity index (χ0n) is 12.0. The number of hydrazine groups is 1. The van der Waals surface area contributed by atoms with Gasteiger partial charge in [-0.3, -0.25) is 10.9 Å². The maximum atomic E-state index is 5.18. The van der Waals surface area contributed by atoms with Crippen LogP contribution in [0.4, 0.5) is 0 Å². The number of nitrogens with one attached hydrogen (secondary N) is 4. The molecule has 0 radical (unpaired) electrons. The lowest BCUT2D eigenvalue weighted by molar-refractivity contribution is 0.773. The third-order valence-corrected chi connectivity index (χ3v) is 3.37. The van der Waals surface area contributed by atoms with E-state index in [1.165, 1.54) is 0 Å². The topological polar surface area (TPSA) is 48.1 Å². The van der Waals surface area contributed by atoms with Crippen molar-refractivity contribution >= 4 is 34.7 Å². The molecular weight excluding hydrogens is 312 g/mol. The van der Waals surface area contributed by atoms with Gasteiger partial charge in [-0.2, -0.15) is 0 Å². The maximum absolute atomic E-state index is 5.18. The molecule has 0 atom stereocenters. The van der Waals surface area contributed by atoms with E-state index in [1.807, 2.05) is 60.7 Å². The van der Waals surface area contributed by atoms with Crippen LogP contribution in [-0.4, -0.2) is 10.2 Å². The summed E-state index contributed by atoms with van der Waals surface area (Å²) >= 11 is 10.4. The van der Waals surface area contributed by atoms with Crippen molar-refractivity contribution in [3.05, 3.63) is 71.8 Å². The smallest absolute Gasteiger partial charge is 0.185 e. The number of hydrogen-bond donors (Lipinski definition) is 4. The highest BCUT2D eigenvalue weighted by molar-refractivity contribution is 7.80. The molecule has 0 bridgehead atoms. The average Bonchev–Trinajstić information content (AvgIpc) is 2.58. The van der Waals surface area contributed by atoms with Gasteiger partial charge in [-0.05, 0) is 35.6 Å². The van der Waals surface area contributed by atoms with Crippen LogP contribution in [0.15, 0.2) is 60.7 Å². The standard InChI is InChI=1S/C16H18N4S2/c21-15(17-11-13-7-3-1-4-8-13)19-20-16(22)18-12-14-9-5-2-6-10-14/h1-10H,11-12H2,(H2,17,19,21)(H2,18,20,22). The first-order valence-electron chi connectivity index (χ1n) is 6.89. The molecule has 4 N–H and O–H groups in total. The van der Waals surface area contributed by atoms with Crippen LogP contribution >= 0.6 is 24.4 Å². The van der Waals surface area contributed by atoms with Crippen LogP contribution in [0.1, 0.15) is 11.1 Å². The van der Waals surface area contributed by atoms with Gasteiger partial charge >= 0.3 is 0 Å². The molecule has 0 spiro atoms. The second-order valence-corrected chi connectivity index (χ2v) is 5.40. The Morgan fingerprint density at radius 3 is 1.36 bits per heavy atom. The highest BCUT2D eigenvalue weighted by Crippen LogP contribution is 1.97. The SMILES string of the molecule is S=C(NCc1ccccc1)NNC(=S)NCc1ccccc1. The molecule has 22 heavy (non-hydrogen) atoms. The van der Waals surface area contributed by atoms with Gasteiger partial charge in [-0.15, -0.1) is 0 Å².